The zero-order valence-corrected chi connectivity index (χ0v) is 9.89. The van der Waals surface area contributed by atoms with Gasteiger partial charge < -0.3 is 0 Å². The third-order valence-corrected chi connectivity index (χ3v) is 6.34. The molecule has 1 heteroatoms. The average Bonchev–Trinajstić information content (AvgIpc) is 3.05. The summed E-state index contributed by atoms with van der Waals surface area (Å²) in [5.74, 6) is 5.19. The molecule has 0 aromatic heterocycles. The molecule has 4 bridgehead atoms. The van der Waals surface area contributed by atoms with Crippen molar-refractivity contribution >= 4 is 0 Å². The standard InChI is InChI=1S/C15H19N/c1-2-15(8-16)7-11-6-12(15)14-10-4-3-9(5-10)13(11)14/h3-4,9-14H,2,5-7H2,1H3. The Kier molecular flexibility index (Phi) is 1.58. The lowest BCUT2D eigenvalue weighted by Gasteiger charge is -2.41. The van der Waals surface area contributed by atoms with Crippen LogP contribution in [0.25, 0.3) is 0 Å². The molecule has 0 saturated heterocycles. The van der Waals surface area contributed by atoms with Crippen LogP contribution in [0, 0.1) is 52.3 Å². The fourth-order valence-corrected chi connectivity index (χ4v) is 5.82. The van der Waals surface area contributed by atoms with Crippen LogP contribution in [0.3, 0.4) is 0 Å². The molecule has 7 unspecified atom stereocenters. The third-order valence-electron chi connectivity index (χ3n) is 6.34. The van der Waals surface area contributed by atoms with E-state index in [0.29, 0.717) is 0 Å². The fourth-order valence-electron chi connectivity index (χ4n) is 5.82. The van der Waals surface area contributed by atoms with Gasteiger partial charge in [0, 0.05) is 0 Å². The Morgan fingerprint density at radius 3 is 2.69 bits per heavy atom. The van der Waals surface area contributed by atoms with Gasteiger partial charge in [0.05, 0.1) is 11.5 Å². The maximum absolute atomic E-state index is 9.56. The van der Waals surface area contributed by atoms with Crippen LogP contribution in [0.2, 0.25) is 0 Å². The first-order valence-electron chi connectivity index (χ1n) is 6.88. The van der Waals surface area contributed by atoms with E-state index in [9.17, 15) is 5.26 Å². The van der Waals surface area contributed by atoms with Crippen molar-refractivity contribution in [1.82, 2.24) is 0 Å². The summed E-state index contributed by atoms with van der Waals surface area (Å²) in [6.07, 6.45) is 10.0. The fraction of sp³-hybridized carbons (Fsp3) is 0.800. The van der Waals surface area contributed by atoms with E-state index in [1.54, 1.807) is 0 Å². The van der Waals surface area contributed by atoms with Gasteiger partial charge in [-0.25, -0.2) is 0 Å². The minimum absolute atomic E-state index is 0.0597. The first kappa shape index (κ1) is 9.28. The smallest absolute Gasteiger partial charge is 0.0692 e. The zero-order chi connectivity index (χ0) is 10.9. The molecule has 0 amide bonds. The highest BCUT2D eigenvalue weighted by Gasteiger charge is 2.65. The summed E-state index contributed by atoms with van der Waals surface area (Å²) in [7, 11) is 0. The van der Waals surface area contributed by atoms with E-state index in [1.165, 1.54) is 19.3 Å². The monoisotopic (exact) mass is 213 g/mol. The van der Waals surface area contributed by atoms with Crippen molar-refractivity contribution in [1.29, 1.82) is 5.26 Å². The van der Waals surface area contributed by atoms with Crippen LogP contribution in [0.15, 0.2) is 12.2 Å². The van der Waals surface area contributed by atoms with Crippen molar-refractivity contribution in [3.8, 4) is 6.07 Å². The third kappa shape index (κ3) is 0.816. The van der Waals surface area contributed by atoms with Crippen LogP contribution in [0.5, 0.6) is 0 Å². The normalized spacial score (nSPS) is 60.2. The summed E-state index contributed by atoms with van der Waals surface area (Å²) in [5.41, 5.74) is 0.0597. The van der Waals surface area contributed by atoms with Gasteiger partial charge in [0.25, 0.3) is 0 Å². The van der Waals surface area contributed by atoms with Crippen molar-refractivity contribution in [3.63, 3.8) is 0 Å². The molecule has 16 heavy (non-hydrogen) atoms. The van der Waals surface area contributed by atoms with E-state index < -0.39 is 0 Å². The van der Waals surface area contributed by atoms with Crippen molar-refractivity contribution in [3.05, 3.63) is 12.2 Å². The van der Waals surface area contributed by atoms with Gasteiger partial charge in [-0.05, 0) is 61.2 Å². The Balaban J connectivity index is 1.76. The van der Waals surface area contributed by atoms with E-state index in [0.717, 1.165) is 41.9 Å². The first-order chi connectivity index (χ1) is 7.79. The summed E-state index contributed by atoms with van der Waals surface area (Å²) in [4.78, 5) is 0. The second-order valence-corrected chi connectivity index (χ2v) is 6.53. The van der Waals surface area contributed by atoms with E-state index >= 15 is 0 Å². The molecule has 0 N–H and O–H groups in total. The Bertz CT molecular complexity index is 404. The molecule has 4 aliphatic carbocycles. The molecule has 84 valence electrons. The van der Waals surface area contributed by atoms with Crippen molar-refractivity contribution < 1.29 is 0 Å². The predicted molar refractivity (Wildman–Crippen MR) is 62.3 cm³/mol. The van der Waals surface area contributed by atoms with Gasteiger partial charge in [0.2, 0.25) is 0 Å². The van der Waals surface area contributed by atoms with Crippen LogP contribution >= 0.6 is 0 Å². The van der Waals surface area contributed by atoms with E-state index in [1.807, 2.05) is 0 Å². The lowest BCUT2D eigenvalue weighted by molar-refractivity contribution is 0.100. The number of nitriles is 1. The molecular formula is C15H19N. The van der Waals surface area contributed by atoms with Gasteiger partial charge in [0.15, 0.2) is 0 Å². The summed E-state index contributed by atoms with van der Waals surface area (Å²) < 4.78 is 0. The van der Waals surface area contributed by atoms with Gasteiger partial charge in [-0.3, -0.25) is 0 Å². The molecule has 0 spiro atoms. The molecule has 4 aliphatic rings. The van der Waals surface area contributed by atoms with Crippen LogP contribution in [0.1, 0.15) is 32.6 Å². The number of fused-ring (bicyclic) bond motifs is 9. The number of hydrogen-bond acceptors (Lipinski definition) is 1. The Morgan fingerprint density at radius 2 is 2.00 bits per heavy atom. The molecule has 0 radical (unpaired) electrons. The minimum atomic E-state index is 0.0597. The molecule has 4 rings (SSSR count). The number of hydrogen-bond donors (Lipinski definition) is 0. The lowest BCUT2D eigenvalue weighted by atomic mass is 9.61. The van der Waals surface area contributed by atoms with E-state index in [4.69, 9.17) is 0 Å². The van der Waals surface area contributed by atoms with Gasteiger partial charge in [-0.2, -0.15) is 5.26 Å². The Hall–Kier alpha value is -0.770. The second kappa shape index (κ2) is 2.73. The predicted octanol–water partition coefficient (Wildman–Crippen LogP) is 3.38. The van der Waals surface area contributed by atoms with E-state index in [2.05, 4.69) is 25.1 Å². The molecular weight excluding hydrogens is 194 g/mol. The van der Waals surface area contributed by atoms with Crippen molar-refractivity contribution in [2.45, 2.75) is 32.6 Å². The van der Waals surface area contributed by atoms with Gasteiger partial charge in [-0.15, -0.1) is 0 Å². The topological polar surface area (TPSA) is 23.8 Å². The average molecular weight is 213 g/mol. The number of nitrogens with zero attached hydrogens (tertiary/aromatic N) is 1. The minimum Gasteiger partial charge on any atom is -0.198 e. The number of rotatable bonds is 1. The Labute approximate surface area is 97.5 Å². The maximum atomic E-state index is 9.56. The molecule has 1 nitrogen and oxygen atoms in total. The molecule has 0 aromatic rings. The van der Waals surface area contributed by atoms with Gasteiger partial charge in [0.1, 0.15) is 0 Å². The highest BCUT2D eigenvalue weighted by Crippen LogP contribution is 2.70. The summed E-state index contributed by atoms with van der Waals surface area (Å²) in [5, 5.41) is 9.56. The molecule has 7 atom stereocenters. The van der Waals surface area contributed by atoms with Crippen LogP contribution in [-0.2, 0) is 0 Å². The summed E-state index contributed by atoms with van der Waals surface area (Å²) >= 11 is 0. The number of allylic oxidation sites excluding steroid dienone is 2. The highest BCUT2D eigenvalue weighted by molar-refractivity contribution is 5.25. The highest BCUT2D eigenvalue weighted by atomic mass is 14.7. The zero-order valence-electron chi connectivity index (χ0n) is 9.89. The molecule has 0 aromatic carbocycles. The van der Waals surface area contributed by atoms with Gasteiger partial charge >= 0.3 is 0 Å². The lowest BCUT2D eigenvalue weighted by Crippen LogP contribution is -2.37. The van der Waals surface area contributed by atoms with Crippen molar-refractivity contribution in [2.75, 3.05) is 0 Å². The summed E-state index contributed by atoms with van der Waals surface area (Å²) in [6, 6.07) is 2.71. The second-order valence-electron chi connectivity index (χ2n) is 6.53. The quantitative estimate of drug-likeness (QED) is 0.484. The van der Waals surface area contributed by atoms with Crippen molar-refractivity contribution in [2.24, 2.45) is 40.9 Å². The summed E-state index contributed by atoms with van der Waals surface area (Å²) in [6.45, 7) is 2.22. The van der Waals surface area contributed by atoms with Crippen LogP contribution < -0.4 is 0 Å². The molecule has 0 heterocycles. The SMILES string of the molecule is CCC1(C#N)CC2CC1C1C3C=CC(C3)C21. The Morgan fingerprint density at radius 1 is 1.25 bits per heavy atom. The molecule has 3 saturated carbocycles. The molecule has 0 aliphatic heterocycles. The molecule has 3 fully saturated rings. The van der Waals surface area contributed by atoms with E-state index in [-0.39, 0.29) is 5.41 Å². The maximum Gasteiger partial charge on any atom is 0.0692 e. The van der Waals surface area contributed by atoms with Crippen LogP contribution in [0.4, 0.5) is 0 Å². The van der Waals surface area contributed by atoms with Gasteiger partial charge in [-0.1, -0.05) is 19.1 Å². The largest absolute Gasteiger partial charge is 0.198 e. The first-order valence-corrected chi connectivity index (χ1v) is 6.88. The van der Waals surface area contributed by atoms with Crippen LogP contribution in [-0.4, -0.2) is 0 Å².